The summed E-state index contributed by atoms with van der Waals surface area (Å²) in [6, 6.07) is 9.39. The van der Waals surface area contributed by atoms with Crippen molar-refractivity contribution in [1.29, 1.82) is 0 Å². The summed E-state index contributed by atoms with van der Waals surface area (Å²) in [7, 11) is 0. The number of carbonyl (C=O) groups is 1. The lowest BCUT2D eigenvalue weighted by molar-refractivity contribution is 0.102. The fourth-order valence-electron chi connectivity index (χ4n) is 1.47. The smallest absolute Gasteiger partial charge is 0.258 e. The predicted octanol–water partition coefficient (Wildman–Crippen LogP) is 4.89. The van der Waals surface area contributed by atoms with Crippen molar-refractivity contribution < 1.29 is 9.18 Å². The van der Waals surface area contributed by atoms with Gasteiger partial charge >= 0.3 is 0 Å². The summed E-state index contributed by atoms with van der Waals surface area (Å²) >= 11 is 10.7. The Morgan fingerprint density at radius 2 is 1.89 bits per heavy atom. The zero-order chi connectivity index (χ0) is 14.0. The second kappa shape index (κ2) is 6.07. The van der Waals surface area contributed by atoms with Gasteiger partial charge in [0.1, 0.15) is 5.82 Å². The van der Waals surface area contributed by atoms with Crippen molar-refractivity contribution in [1.82, 2.24) is 0 Å². The Bertz CT molecular complexity index is 649. The van der Waals surface area contributed by atoms with Gasteiger partial charge in [-0.15, -0.1) is 12.6 Å². The molecule has 0 aliphatic carbocycles. The van der Waals surface area contributed by atoms with Crippen molar-refractivity contribution >= 4 is 56.1 Å². The number of hydrogen-bond donors (Lipinski definition) is 2. The quantitative estimate of drug-likeness (QED) is 0.685. The summed E-state index contributed by atoms with van der Waals surface area (Å²) in [6.07, 6.45) is 0. The van der Waals surface area contributed by atoms with E-state index in [0.29, 0.717) is 15.1 Å². The van der Waals surface area contributed by atoms with E-state index in [0.717, 1.165) is 4.47 Å². The largest absolute Gasteiger partial charge is 0.321 e. The first-order valence-electron chi connectivity index (χ1n) is 5.22. The third kappa shape index (κ3) is 3.58. The lowest BCUT2D eigenvalue weighted by Gasteiger charge is -2.09. The molecule has 0 aliphatic rings. The zero-order valence-corrected chi connectivity index (χ0v) is 13.5. The fraction of sp³-hybridized carbons (Fsp3) is 0. The minimum Gasteiger partial charge on any atom is -0.321 e. The summed E-state index contributed by atoms with van der Waals surface area (Å²) in [6.45, 7) is 0. The molecule has 1 amide bonds. The number of benzene rings is 2. The van der Waals surface area contributed by atoms with Crippen LogP contribution in [0.5, 0.6) is 0 Å². The number of carbonyl (C=O) groups excluding carboxylic acids is 1. The minimum absolute atomic E-state index is 0.0395. The van der Waals surface area contributed by atoms with Crippen molar-refractivity contribution in [3.63, 3.8) is 0 Å². The van der Waals surface area contributed by atoms with Crippen LogP contribution in [0.3, 0.4) is 0 Å². The third-order valence-electron chi connectivity index (χ3n) is 2.37. The summed E-state index contributed by atoms with van der Waals surface area (Å²) < 4.78 is 15.2. The summed E-state index contributed by atoms with van der Waals surface area (Å²) in [5.41, 5.74) is 0.527. The molecule has 0 heterocycles. The second-order valence-corrected chi connectivity index (χ2v) is 6.03. The summed E-state index contributed by atoms with van der Waals surface area (Å²) in [5.74, 6) is -1.10. The maximum Gasteiger partial charge on any atom is 0.258 e. The van der Waals surface area contributed by atoms with E-state index in [4.69, 9.17) is 0 Å². The molecule has 2 aromatic rings. The van der Waals surface area contributed by atoms with E-state index in [9.17, 15) is 9.18 Å². The molecule has 2 rings (SSSR count). The Hall–Kier alpha value is -0.850. The normalized spacial score (nSPS) is 10.3. The molecule has 1 N–H and O–H groups in total. The molecular weight excluding hydrogens is 397 g/mol. The molecule has 19 heavy (non-hydrogen) atoms. The van der Waals surface area contributed by atoms with Gasteiger partial charge in [0.2, 0.25) is 0 Å². The molecule has 0 bridgehead atoms. The van der Waals surface area contributed by atoms with Crippen LogP contribution in [-0.2, 0) is 0 Å². The van der Waals surface area contributed by atoms with Crippen LogP contribution >= 0.6 is 44.5 Å². The number of rotatable bonds is 2. The standard InChI is InChI=1S/C13H8Br2FNOS/c14-7-1-4-12(10(15)5-7)17-13(18)9-6-8(19)2-3-11(9)16/h1-6,19H,(H,17,18). The molecule has 0 saturated heterocycles. The van der Waals surface area contributed by atoms with Gasteiger partial charge in [0.05, 0.1) is 11.3 Å². The van der Waals surface area contributed by atoms with Crippen LogP contribution in [0.1, 0.15) is 10.4 Å². The Labute approximate surface area is 132 Å². The minimum atomic E-state index is -0.580. The van der Waals surface area contributed by atoms with Crippen LogP contribution in [0.2, 0.25) is 0 Å². The highest BCUT2D eigenvalue weighted by Crippen LogP contribution is 2.27. The maximum absolute atomic E-state index is 13.6. The third-order valence-corrected chi connectivity index (χ3v) is 3.80. The van der Waals surface area contributed by atoms with Crippen LogP contribution in [0, 0.1) is 5.82 Å². The van der Waals surface area contributed by atoms with Gasteiger partial charge in [-0.2, -0.15) is 0 Å². The second-order valence-electron chi connectivity index (χ2n) is 3.74. The average Bonchev–Trinajstić information content (AvgIpc) is 2.35. The number of nitrogens with one attached hydrogen (secondary N) is 1. The number of hydrogen-bond acceptors (Lipinski definition) is 2. The van der Waals surface area contributed by atoms with Crippen LogP contribution < -0.4 is 5.32 Å². The molecule has 2 nitrogen and oxygen atoms in total. The lowest BCUT2D eigenvalue weighted by Crippen LogP contribution is -2.14. The molecular formula is C13H8Br2FNOS. The Balaban J connectivity index is 2.28. The highest BCUT2D eigenvalue weighted by atomic mass is 79.9. The highest BCUT2D eigenvalue weighted by molar-refractivity contribution is 9.11. The van der Waals surface area contributed by atoms with Gasteiger partial charge in [0, 0.05) is 13.8 Å². The zero-order valence-electron chi connectivity index (χ0n) is 9.45. The Kier molecular flexibility index (Phi) is 4.65. The van der Waals surface area contributed by atoms with Gasteiger partial charge in [-0.05, 0) is 52.3 Å². The predicted molar refractivity (Wildman–Crippen MR) is 83.4 cm³/mol. The van der Waals surface area contributed by atoms with Crippen molar-refractivity contribution in [3.05, 3.63) is 56.7 Å². The SMILES string of the molecule is O=C(Nc1ccc(Br)cc1Br)c1cc(S)ccc1F. The Morgan fingerprint density at radius 1 is 1.16 bits per heavy atom. The molecule has 0 radical (unpaired) electrons. The van der Waals surface area contributed by atoms with Crippen molar-refractivity contribution in [2.75, 3.05) is 5.32 Å². The molecule has 2 aromatic carbocycles. The molecule has 0 aliphatic heterocycles. The van der Waals surface area contributed by atoms with E-state index >= 15 is 0 Å². The molecule has 0 fully saturated rings. The molecule has 0 saturated carbocycles. The first-order valence-corrected chi connectivity index (χ1v) is 7.25. The molecule has 0 spiro atoms. The molecule has 0 unspecified atom stereocenters. The number of halogens is 3. The van der Waals surface area contributed by atoms with Crippen LogP contribution in [-0.4, -0.2) is 5.91 Å². The first kappa shape index (κ1) is 14.6. The maximum atomic E-state index is 13.6. The van der Waals surface area contributed by atoms with E-state index in [2.05, 4.69) is 49.8 Å². The van der Waals surface area contributed by atoms with Gasteiger partial charge in [-0.25, -0.2) is 4.39 Å². The van der Waals surface area contributed by atoms with Crippen LogP contribution in [0.4, 0.5) is 10.1 Å². The van der Waals surface area contributed by atoms with Gasteiger partial charge < -0.3 is 5.32 Å². The molecule has 0 aromatic heterocycles. The number of anilines is 1. The van der Waals surface area contributed by atoms with Gasteiger partial charge in [-0.1, -0.05) is 15.9 Å². The Morgan fingerprint density at radius 3 is 2.58 bits per heavy atom. The van der Waals surface area contributed by atoms with Gasteiger partial charge in [0.25, 0.3) is 5.91 Å². The van der Waals surface area contributed by atoms with Crippen molar-refractivity contribution in [2.45, 2.75) is 4.90 Å². The molecule has 98 valence electrons. The van der Waals surface area contributed by atoms with E-state index in [1.165, 1.54) is 18.2 Å². The van der Waals surface area contributed by atoms with E-state index < -0.39 is 11.7 Å². The van der Waals surface area contributed by atoms with E-state index in [1.807, 2.05) is 0 Å². The fourth-order valence-corrected chi connectivity index (χ4v) is 2.82. The first-order chi connectivity index (χ1) is 8.97. The monoisotopic (exact) mass is 403 g/mol. The van der Waals surface area contributed by atoms with Gasteiger partial charge in [0.15, 0.2) is 0 Å². The highest BCUT2D eigenvalue weighted by Gasteiger charge is 2.13. The van der Waals surface area contributed by atoms with E-state index in [1.54, 1.807) is 18.2 Å². The van der Waals surface area contributed by atoms with Crippen LogP contribution in [0.25, 0.3) is 0 Å². The molecule has 6 heteroatoms. The van der Waals surface area contributed by atoms with Gasteiger partial charge in [-0.3, -0.25) is 4.79 Å². The topological polar surface area (TPSA) is 29.1 Å². The molecule has 0 atom stereocenters. The number of thiol groups is 1. The summed E-state index contributed by atoms with van der Waals surface area (Å²) in [4.78, 5) is 12.5. The van der Waals surface area contributed by atoms with Crippen molar-refractivity contribution in [3.8, 4) is 0 Å². The number of amides is 1. The van der Waals surface area contributed by atoms with E-state index in [-0.39, 0.29) is 5.56 Å². The van der Waals surface area contributed by atoms with Crippen LogP contribution in [0.15, 0.2) is 50.2 Å². The summed E-state index contributed by atoms with van der Waals surface area (Å²) in [5, 5.41) is 2.64. The average molecular weight is 405 g/mol. The lowest BCUT2D eigenvalue weighted by atomic mass is 10.2. The van der Waals surface area contributed by atoms with Crippen molar-refractivity contribution in [2.24, 2.45) is 0 Å².